The zero-order valence-electron chi connectivity index (χ0n) is 10.4. The maximum absolute atomic E-state index is 13.7. The van der Waals surface area contributed by atoms with Gasteiger partial charge in [0.15, 0.2) is 11.6 Å². The summed E-state index contributed by atoms with van der Waals surface area (Å²) in [6.07, 6.45) is 1.94. The van der Waals surface area contributed by atoms with E-state index in [0.717, 1.165) is 12.6 Å². The van der Waals surface area contributed by atoms with Gasteiger partial charge in [0.1, 0.15) is 0 Å². The summed E-state index contributed by atoms with van der Waals surface area (Å²) in [5, 5.41) is 5.60. The van der Waals surface area contributed by atoms with E-state index in [0.29, 0.717) is 19.0 Å². The number of aromatic nitrogens is 2. The Morgan fingerprint density at radius 2 is 2.39 bits per heavy atom. The average Bonchev–Trinajstić information content (AvgIpc) is 2.77. The third kappa shape index (κ3) is 2.66. The maximum Gasteiger partial charge on any atom is 0.224 e. The monoisotopic (exact) mass is 253 g/mol. The van der Waals surface area contributed by atoms with Crippen molar-refractivity contribution in [3.63, 3.8) is 0 Å². The van der Waals surface area contributed by atoms with Gasteiger partial charge in [-0.25, -0.2) is 9.37 Å². The molecular weight excluding hydrogens is 237 g/mol. The number of nitrogens with zero attached hydrogens (tertiary/aromatic N) is 3. The second-order valence-electron chi connectivity index (χ2n) is 4.25. The van der Waals surface area contributed by atoms with Crippen molar-refractivity contribution in [2.75, 3.05) is 30.4 Å². The van der Waals surface area contributed by atoms with Crippen LogP contribution in [0.4, 0.5) is 16.2 Å². The van der Waals surface area contributed by atoms with Gasteiger partial charge in [-0.15, -0.1) is 0 Å². The lowest BCUT2D eigenvalue weighted by molar-refractivity contribution is -0.119. The Morgan fingerprint density at radius 1 is 1.61 bits per heavy atom. The molecule has 2 rings (SSSR count). The molecule has 2 heterocycles. The van der Waals surface area contributed by atoms with Gasteiger partial charge in [0.2, 0.25) is 11.9 Å². The summed E-state index contributed by atoms with van der Waals surface area (Å²) >= 11 is 0. The molecule has 1 amide bonds. The molecule has 0 spiro atoms. The summed E-state index contributed by atoms with van der Waals surface area (Å²) in [5.74, 6) is 0.148. The first kappa shape index (κ1) is 12.5. The van der Waals surface area contributed by atoms with Crippen LogP contribution in [0.25, 0.3) is 0 Å². The summed E-state index contributed by atoms with van der Waals surface area (Å²) in [6.45, 7) is 2.71. The van der Waals surface area contributed by atoms with E-state index < -0.39 is 5.82 Å². The third-order valence-electron chi connectivity index (χ3n) is 2.84. The maximum atomic E-state index is 13.7. The summed E-state index contributed by atoms with van der Waals surface area (Å²) in [4.78, 5) is 20.7. The molecule has 18 heavy (non-hydrogen) atoms. The highest BCUT2D eigenvalue weighted by molar-refractivity contribution is 5.73. The number of nitrogens with one attached hydrogen (secondary N) is 2. The lowest BCUT2D eigenvalue weighted by atomic mass is 10.3. The highest BCUT2D eigenvalue weighted by Gasteiger charge is 2.26. The van der Waals surface area contributed by atoms with Crippen LogP contribution in [0, 0.1) is 5.82 Å². The Bertz CT molecular complexity index is 453. The predicted molar refractivity (Wildman–Crippen MR) is 66.0 cm³/mol. The molecule has 7 heteroatoms. The largest absolute Gasteiger partial charge is 0.357 e. The van der Waals surface area contributed by atoms with Crippen molar-refractivity contribution in [1.82, 2.24) is 15.3 Å². The number of carbonyl (C=O) groups excluding carboxylic acids is 1. The molecule has 0 bridgehead atoms. The predicted octanol–water partition coefficient (Wildman–Crippen LogP) is 0.372. The van der Waals surface area contributed by atoms with Crippen LogP contribution in [0.15, 0.2) is 6.20 Å². The minimum atomic E-state index is -0.447. The van der Waals surface area contributed by atoms with Crippen molar-refractivity contribution in [3.05, 3.63) is 12.0 Å². The van der Waals surface area contributed by atoms with Crippen LogP contribution in [0.5, 0.6) is 0 Å². The highest BCUT2D eigenvalue weighted by atomic mass is 19.1. The quantitative estimate of drug-likeness (QED) is 0.814. The van der Waals surface area contributed by atoms with Crippen LogP contribution in [-0.2, 0) is 4.79 Å². The molecule has 1 aliphatic rings. The van der Waals surface area contributed by atoms with Gasteiger partial charge in [-0.05, 0) is 6.42 Å². The van der Waals surface area contributed by atoms with E-state index in [1.165, 1.54) is 6.92 Å². The number of carbonyl (C=O) groups is 1. The lowest BCUT2D eigenvalue weighted by Gasteiger charge is -2.18. The molecule has 98 valence electrons. The van der Waals surface area contributed by atoms with Crippen molar-refractivity contribution in [1.29, 1.82) is 0 Å². The summed E-state index contributed by atoms with van der Waals surface area (Å²) < 4.78 is 13.7. The minimum Gasteiger partial charge on any atom is -0.357 e. The molecule has 0 aliphatic carbocycles. The van der Waals surface area contributed by atoms with Gasteiger partial charge in [-0.3, -0.25) is 4.79 Å². The van der Waals surface area contributed by atoms with Crippen molar-refractivity contribution in [2.45, 2.75) is 19.4 Å². The van der Waals surface area contributed by atoms with Crippen molar-refractivity contribution in [2.24, 2.45) is 0 Å². The molecule has 2 N–H and O–H groups in total. The van der Waals surface area contributed by atoms with Gasteiger partial charge in [-0.1, -0.05) is 0 Å². The molecule has 0 aromatic carbocycles. The van der Waals surface area contributed by atoms with Gasteiger partial charge in [-0.2, -0.15) is 4.98 Å². The second kappa shape index (κ2) is 5.16. The fourth-order valence-corrected chi connectivity index (χ4v) is 2.06. The van der Waals surface area contributed by atoms with E-state index >= 15 is 0 Å². The molecule has 1 atom stereocenters. The molecule has 1 saturated heterocycles. The molecule has 0 saturated carbocycles. The normalized spacial score (nSPS) is 18.8. The second-order valence-corrected chi connectivity index (χ2v) is 4.25. The van der Waals surface area contributed by atoms with Crippen LogP contribution >= 0.6 is 0 Å². The topological polar surface area (TPSA) is 70.2 Å². The highest BCUT2D eigenvalue weighted by Crippen LogP contribution is 2.22. The van der Waals surface area contributed by atoms with Gasteiger partial charge in [0.25, 0.3) is 0 Å². The zero-order valence-corrected chi connectivity index (χ0v) is 10.4. The molecule has 1 fully saturated rings. The Balaban J connectivity index is 2.11. The number of halogens is 1. The van der Waals surface area contributed by atoms with E-state index in [9.17, 15) is 9.18 Å². The Hall–Kier alpha value is -1.92. The summed E-state index contributed by atoms with van der Waals surface area (Å²) in [5.41, 5.74) is 0. The van der Waals surface area contributed by atoms with Crippen LogP contribution in [0.1, 0.15) is 13.3 Å². The van der Waals surface area contributed by atoms with E-state index in [2.05, 4.69) is 20.6 Å². The third-order valence-corrected chi connectivity index (χ3v) is 2.84. The average molecular weight is 253 g/mol. The SMILES string of the molecule is CNc1ncc(F)c(N2CCC(NC(C)=O)C2)n1. The summed E-state index contributed by atoms with van der Waals surface area (Å²) in [6, 6.07) is 0.0508. The molecule has 1 aromatic heterocycles. The zero-order chi connectivity index (χ0) is 13.1. The Labute approximate surface area is 105 Å². The van der Waals surface area contributed by atoms with Crippen molar-refractivity contribution in [3.8, 4) is 0 Å². The molecule has 1 unspecified atom stereocenters. The molecule has 1 aliphatic heterocycles. The van der Waals surface area contributed by atoms with Gasteiger partial charge in [0.05, 0.1) is 6.20 Å². The van der Waals surface area contributed by atoms with Gasteiger partial charge < -0.3 is 15.5 Å². The van der Waals surface area contributed by atoms with Gasteiger partial charge >= 0.3 is 0 Å². The fourth-order valence-electron chi connectivity index (χ4n) is 2.06. The van der Waals surface area contributed by atoms with Crippen LogP contribution in [0.3, 0.4) is 0 Å². The number of hydrogen-bond donors (Lipinski definition) is 2. The van der Waals surface area contributed by atoms with Crippen LogP contribution < -0.4 is 15.5 Å². The smallest absolute Gasteiger partial charge is 0.224 e. The number of anilines is 2. The van der Waals surface area contributed by atoms with Gasteiger partial charge in [0, 0.05) is 33.1 Å². The first-order chi connectivity index (χ1) is 8.60. The molecular formula is C11H16FN5O. The standard InChI is InChI=1S/C11H16FN5O/c1-7(18)15-8-3-4-17(6-8)10-9(12)5-14-11(13-2)16-10/h5,8H,3-4,6H2,1-2H3,(H,15,18)(H,13,14,16). The van der Waals surface area contributed by atoms with Crippen molar-refractivity contribution >= 4 is 17.7 Å². The summed E-state index contributed by atoms with van der Waals surface area (Å²) in [7, 11) is 1.68. The molecule has 6 nitrogen and oxygen atoms in total. The fraction of sp³-hybridized carbons (Fsp3) is 0.545. The first-order valence-electron chi connectivity index (χ1n) is 5.82. The van der Waals surface area contributed by atoms with E-state index in [1.807, 2.05) is 4.90 Å². The molecule has 1 aromatic rings. The Kier molecular flexibility index (Phi) is 3.59. The van der Waals surface area contributed by atoms with Crippen LogP contribution in [0.2, 0.25) is 0 Å². The van der Waals surface area contributed by atoms with E-state index in [4.69, 9.17) is 0 Å². The van der Waals surface area contributed by atoms with Crippen molar-refractivity contribution < 1.29 is 9.18 Å². The number of amides is 1. The Morgan fingerprint density at radius 3 is 3.06 bits per heavy atom. The molecule has 0 radical (unpaired) electrons. The van der Waals surface area contributed by atoms with Crippen LogP contribution in [-0.4, -0.2) is 42.1 Å². The van der Waals surface area contributed by atoms with E-state index in [1.54, 1.807) is 7.05 Å². The van der Waals surface area contributed by atoms with E-state index in [-0.39, 0.29) is 17.8 Å². The minimum absolute atomic E-state index is 0.0508. The number of hydrogen-bond acceptors (Lipinski definition) is 5. The first-order valence-corrected chi connectivity index (χ1v) is 5.82. The number of rotatable bonds is 3. The lowest BCUT2D eigenvalue weighted by Crippen LogP contribution is -2.35.